The van der Waals surface area contributed by atoms with Crippen molar-refractivity contribution in [2.75, 3.05) is 13.2 Å². The Labute approximate surface area is 455 Å². The van der Waals surface area contributed by atoms with Gasteiger partial charge in [-0.2, -0.15) is 0 Å². The summed E-state index contributed by atoms with van der Waals surface area (Å²) in [6, 6.07) is 59.0. The Morgan fingerprint density at radius 1 is 0.605 bits per heavy atom. The molecule has 3 fully saturated rings. The average molecular weight is 1080 g/mol. The third-order valence-electron chi connectivity index (χ3n) is 16.0. The van der Waals surface area contributed by atoms with Crippen LogP contribution in [0.15, 0.2) is 176 Å². The molecule has 2 bridgehead atoms. The molecule has 3 aliphatic rings. The van der Waals surface area contributed by atoms with E-state index in [-0.39, 0.29) is 40.4 Å². The van der Waals surface area contributed by atoms with Gasteiger partial charge in [-0.15, -0.1) is 11.3 Å². The Bertz CT molecular complexity index is 2890. The molecule has 400 valence electrons. The van der Waals surface area contributed by atoms with Gasteiger partial charge in [0.15, 0.2) is 6.29 Å². The van der Waals surface area contributed by atoms with Crippen molar-refractivity contribution in [2.45, 2.75) is 128 Å². The highest BCUT2D eigenvalue weighted by Crippen LogP contribution is 2.45. The van der Waals surface area contributed by atoms with Crippen LogP contribution in [-0.2, 0) is 29.5 Å². The molecule has 12 heteroatoms. The number of rotatable bonds is 13. The molecule has 4 unspecified atom stereocenters. The number of aryl methyl sites for hydroxylation is 1. The molecule has 3 N–H and O–H groups in total. The second-order valence-corrected chi connectivity index (χ2v) is 32.7. The number of fused-ring (bicyclic) bond motifs is 2. The van der Waals surface area contributed by atoms with Gasteiger partial charge in [0.1, 0.15) is 24.1 Å². The summed E-state index contributed by atoms with van der Waals surface area (Å²) in [4.78, 5) is 2.29. The van der Waals surface area contributed by atoms with Gasteiger partial charge < -0.3 is 38.4 Å². The van der Waals surface area contributed by atoms with Gasteiger partial charge in [0.25, 0.3) is 16.6 Å². The topological polar surface area (TPSA) is 107 Å². The van der Waals surface area contributed by atoms with E-state index in [0.29, 0.717) is 6.61 Å². The summed E-state index contributed by atoms with van der Waals surface area (Å²) in [5, 5.41) is 37.7. The van der Waals surface area contributed by atoms with Crippen LogP contribution in [0.1, 0.15) is 83.1 Å². The zero-order valence-corrected chi connectivity index (χ0v) is 48.1. The quantitative estimate of drug-likeness (QED) is 0.0981. The van der Waals surface area contributed by atoms with Gasteiger partial charge in [-0.05, 0) is 84.3 Å². The summed E-state index contributed by atoms with van der Waals surface area (Å²) < 4.78 is 46.8. The number of halogens is 1. The third-order valence-corrected chi connectivity index (χ3v) is 27.2. The van der Waals surface area contributed by atoms with Crippen LogP contribution in [0.5, 0.6) is 0 Å². The van der Waals surface area contributed by atoms with E-state index in [1.54, 1.807) is 11.3 Å². The van der Waals surface area contributed by atoms with Crippen molar-refractivity contribution in [1.29, 1.82) is 0 Å². The molecule has 4 heterocycles. The lowest BCUT2D eigenvalue weighted by molar-refractivity contribution is -0.204. The van der Waals surface area contributed by atoms with Crippen molar-refractivity contribution in [2.24, 2.45) is 11.8 Å². The van der Waals surface area contributed by atoms with Crippen LogP contribution in [-0.4, -0.2) is 88.1 Å². The highest BCUT2D eigenvalue weighted by Gasteiger charge is 2.58. The molecular weight excluding hydrogens is 1000 g/mol. The zero-order chi connectivity index (χ0) is 54.0. The molecule has 0 aliphatic carbocycles. The maximum atomic E-state index is 13.5. The summed E-state index contributed by atoms with van der Waals surface area (Å²) in [5.41, 5.74) is 4.22. The summed E-state index contributed by atoms with van der Waals surface area (Å²) in [5.74, 6) is -0.606. The highest BCUT2D eigenvalue weighted by molar-refractivity contribution is 7.15. The van der Waals surface area contributed by atoms with Crippen LogP contribution in [0.2, 0.25) is 10.1 Å². The molecule has 76 heavy (non-hydrogen) atoms. The molecule has 0 radical (unpaired) electrons. The smallest absolute Gasteiger partial charge is 0.261 e. The van der Waals surface area contributed by atoms with E-state index >= 15 is 0 Å². The minimum absolute atomic E-state index is 0.0260. The van der Waals surface area contributed by atoms with Gasteiger partial charge in [-0.1, -0.05) is 207 Å². The number of benzene rings is 6. The molecule has 3 aliphatic heterocycles. The molecule has 8 nitrogen and oxygen atoms in total. The molecule has 0 amide bonds. The number of hydrogen-bond acceptors (Lipinski definition) is 9. The fourth-order valence-electron chi connectivity index (χ4n) is 11.7. The minimum Gasteiger partial charge on any atom is -0.399 e. The largest absolute Gasteiger partial charge is 0.399 e. The van der Waals surface area contributed by atoms with Crippen molar-refractivity contribution >= 4 is 48.7 Å². The molecule has 6 aromatic carbocycles. The summed E-state index contributed by atoms with van der Waals surface area (Å²) >= 11 is 1.70. The van der Waals surface area contributed by atoms with E-state index in [9.17, 15) is 19.7 Å². The Morgan fingerprint density at radius 3 is 1.58 bits per heavy atom. The van der Waals surface area contributed by atoms with E-state index in [1.807, 2.05) is 50.2 Å². The molecule has 3 saturated heterocycles. The van der Waals surface area contributed by atoms with Crippen molar-refractivity contribution < 1.29 is 42.8 Å². The third kappa shape index (κ3) is 11.1. The van der Waals surface area contributed by atoms with Gasteiger partial charge in [0.05, 0.1) is 37.6 Å². The molecule has 0 saturated carbocycles. The first-order valence-electron chi connectivity index (χ1n) is 26.8. The SMILES string of the molecule is CC1[C@H](O)C(O[Si](c2ccccc2)(c2ccccc2)C(C)(C)C)[C@@H]2OC[C@H]1O2.Cc1ccc([C@@H]2O[C@H](CO)C(C)[C@H](O)C2O[Si](c2ccccc2)(c2ccccc2)C(C)(C)C)cc1Cc1ccc(-c2ccc(F)cc2)s1. The summed E-state index contributed by atoms with van der Waals surface area (Å²) in [7, 11) is -5.83. The van der Waals surface area contributed by atoms with Crippen LogP contribution in [0.3, 0.4) is 0 Å². The van der Waals surface area contributed by atoms with E-state index in [0.717, 1.165) is 43.9 Å². The number of hydrogen-bond donors (Lipinski definition) is 3. The second-order valence-electron chi connectivity index (χ2n) is 23.0. The van der Waals surface area contributed by atoms with Crippen LogP contribution >= 0.6 is 11.3 Å². The van der Waals surface area contributed by atoms with E-state index < -0.39 is 59.5 Å². The first kappa shape index (κ1) is 55.8. The minimum atomic E-state index is -3.06. The van der Waals surface area contributed by atoms with Gasteiger partial charge in [0, 0.05) is 28.0 Å². The maximum absolute atomic E-state index is 13.5. The van der Waals surface area contributed by atoms with Crippen molar-refractivity contribution in [1.82, 2.24) is 0 Å². The number of aliphatic hydroxyl groups excluding tert-OH is 3. The fourth-order valence-corrected chi connectivity index (χ4v) is 22.1. The van der Waals surface area contributed by atoms with E-state index in [4.69, 9.17) is 23.1 Å². The van der Waals surface area contributed by atoms with Crippen molar-refractivity contribution in [3.63, 3.8) is 0 Å². The van der Waals surface area contributed by atoms with Crippen molar-refractivity contribution in [3.05, 3.63) is 203 Å². The average Bonchev–Trinajstić information content (AvgIpc) is 4.09. The Balaban J connectivity index is 0.000000213. The Morgan fingerprint density at radius 2 is 1.09 bits per heavy atom. The van der Waals surface area contributed by atoms with Gasteiger partial charge >= 0.3 is 0 Å². The highest BCUT2D eigenvalue weighted by atomic mass is 32.1. The molecule has 1 aromatic heterocycles. The van der Waals surface area contributed by atoms with Gasteiger partial charge in [-0.25, -0.2) is 4.39 Å². The first-order valence-corrected chi connectivity index (χ1v) is 31.4. The predicted molar refractivity (Wildman–Crippen MR) is 308 cm³/mol. The van der Waals surface area contributed by atoms with Crippen molar-refractivity contribution in [3.8, 4) is 10.4 Å². The number of thiophene rings is 1. The molecule has 10 atom stereocenters. The molecule has 10 rings (SSSR count). The first-order chi connectivity index (χ1) is 36.4. The second kappa shape index (κ2) is 23.2. The zero-order valence-electron chi connectivity index (χ0n) is 45.3. The lowest BCUT2D eigenvalue weighted by atomic mass is 9.85. The molecule has 7 aromatic rings. The normalized spacial score (nSPS) is 24.9. The lowest BCUT2D eigenvalue weighted by Crippen LogP contribution is -2.70. The van der Waals surface area contributed by atoms with E-state index in [1.165, 1.54) is 27.4 Å². The maximum Gasteiger partial charge on any atom is 0.261 e. The lowest BCUT2D eigenvalue weighted by Gasteiger charge is -2.51. The Hall–Kier alpha value is -4.94. The predicted octanol–water partition coefficient (Wildman–Crippen LogP) is 10.5. The monoisotopic (exact) mass is 1080 g/mol. The molecule has 0 spiro atoms. The number of aliphatic hydroxyl groups is 3. The van der Waals surface area contributed by atoms with Gasteiger partial charge in [0.2, 0.25) is 0 Å². The summed E-state index contributed by atoms with van der Waals surface area (Å²) in [6.45, 7) is 19.8. The van der Waals surface area contributed by atoms with Crippen LogP contribution in [0.25, 0.3) is 10.4 Å². The van der Waals surface area contributed by atoms with Crippen LogP contribution in [0, 0.1) is 24.6 Å². The van der Waals surface area contributed by atoms with Crippen LogP contribution in [0.4, 0.5) is 4.39 Å². The van der Waals surface area contributed by atoms with E-state index in [2.05, 4.69) is 176 Å². The molecular formula is C64H75FO8SSi2. The standard InChI is InChI=1S/C41H45FO4SSi.C23H30O4Si/c1-27-16-17-30(24-31(27)25-33-22-23-37(47-33)29-18-20-32(42)21-19-29)39-40(38(44)28(2)36(26-43)45-39)46-48(41(3,4)5,34-12-8-6-9-13-34)35-14-10-7-11-15-35;1-16-19-15-25-22(26-19)21(20(16)24)27-28(23(2,3)4,17-11-7-5-8-12-17)18-13-9-6-10-14-18/h6-24,28,36,38-40,43-44H,25-26H2,1-5H3;5-14,16,19-22,24H,15H2,1-4H3/t28?,36-,38+,39+,40?;16?,19-,20+,21?,22-/m11/s1. The fraction of sp³-hybridized carbons (Fsp3) is 0.375. The Kier molecular flexibility index (Phi) is 17.0. The summed E-state index contributed by atoms with van der Waals surface area (Å²) in [6.07, 6.45) is -3.68. The number of ether oxygens (including phenoxy) is 3. The van der Waals surface area contributed by atoms with Gasteiger partial charge in [-0.3, -0.25) is 0 Å². The van der Waals surface area contributed by atoms with Crippen LogP contribution < -0.4 is 20.7 Å².